The van der Waals surface area contributed by atoms with Crippen LogP contribution in [0.4, 0.5) is 11.8 Å². The van der Waals surface area contributed by atoms with Gasteiger partial charge in [0, 0.05) is 55.4 Å². The van der Waals surface area contributed by atoms with Gasteiger partial charge in [0.1, 0.15) is 17.0 Å². The number of hydrogen-bond acceptors (Lipinski definition) is 10. The van der Waals surface area contributed by atoms with Crippen molar-refractivity contribution in [2.24, 2.45) is 5.92 Å². The monoisotopic (exact) mass is 601 g/mol. The van der Waals surface area contributed by atoms with Crippen LogP contribution < -0.4 is 25.4 Å². The lowest BCUT2D eigenvalue weighted by Crippen LogP contribution is -2.52. The summed E-state index contributed by atoms with van der Waals surface area (Å²) in [5.74, 6) is 2.05. The van der Waals surface area contributed by atoms with Crippen LogP contribution in [-0.2, 0) is 9.53 Å². The van der Waals surface area contributed by atoms with E-state index in [0.717, 1.165) is 25.0 Å². The number of anilines is 2. The molecule has 4 heterocycles. The van der Waals surface area contributed by atoms with Crippen LogP contribution in [0.15, 0.2) is 31.0 Å². The number of likely N-dealkylation sites (tertiary alicyclic amines) is 1. The number of nitrogens with zero attached hydrogens (tertiary/aromatic N) is 4. The van der Waals surface area contributed by atoms with E-state index in [9.17, 15) is 4.79 Å². The van der Waals surface area contributed by atoms with Crippen molar-refractivity contribution in [2.45, 2.75) is 18.5 Å². The molecule has 3 aromatic rings. The van der Waals surface area contributed by atoms with E-state index >= 15 is 0 Å². The minimum absolute atomic E-state index is 0.158. The number of methoxy groups -OCH3 is 2. The molecule has 11 nitrogen and oxygen atoms in total. The average Bonchev–Trinajstić information content (AvgIpc) is 2.96. The normalized spacial score (nSPS) is 19.3. The van der Waals surface area contributed by atoms with Gasteiger partial charge in [-0.1, -0.05) is 29.8 Å². The molecule has 0 spiro atoms. The van der Waals surface area contributed by atoms with Gasteiger partial charge in [0.2, 0.25) is 11.9 Å². The van der Waals surface area contributed by atoms with Gasteiger partial charge in [-0.2, -0.15) is 0 Å². The molecular weight excluding hydrogens is 569 g/mol. The number of halogens is 2. The Morgan fingerprint density at radius 2 is 1.90 bits per heavy atom. The highest BCUT2D eigenvalue weighted by Crippen LogP contribution is 2.46. The molecule has 2 saturated heterocycles. The topological polar surface area (TPSA) is 123 Å². The summed E-state index contributed by atoms with van der Waals surface area (Å²) in [6.07, 6.45) is 3.64. The van der Waals surface area contributed by atoms with Gasteiger partial charge in [-0.3, -0.25) is 4.79 Å². The summed E-state index contributed by atoms with van der Waals surface area (Å²) in [5, 5.41) is 11.2. The number of carbonyl (C=O) groups excluding carboxylic acids is 1. The van der Waals surface area contributed by atoms with E-state index in [4.69, 9.17) is 47.4 Å². The maximum atomic E-state index is 12.0. The molecule has 0 aliphatic carbocycles. The van der Waals surface area contributed by atoms with Gasteiger partial charge in [0.25, 0.3) is 0 Å². The van der Waals surface area contributed by atoms with Gasteiger partial charge in [0.05, 0.1) is 48.6 Å². The second-order valence-corrected chi connectivity index (χ2v) is 10.9. The predicted molar refractivity (Wildman–Crippen MR) is 160 cm³/mol. The number of carbonyl (C=O) groups is 1. The van der Waals surface area contributed by atoms with Crippen LogP contribution >= 0.6 is 23.2 Å². The van der Waals surface area contributed by atoms with Crippen molar-refractivity contribution in [3.05, 3.63) is 41.0 Å². The Kier molecular flexibility index (Phi) is 8.98. The Morgan fingerprint density at radius 1 is 1.17 bits per heavy atom. The lowest BCUT2D eigenvalue weighted by atomic mass is 10.0. The number of hydrogen-bond donors (Lipinski definition) is 3. The summed E-state index contributed by atoms with van der Waals surface area (Å²) in [6, 6.07) is 3.10. The lowest BCUT2D eigenvalue weighted by Gasteiger charge is -2.36. The Balaban J connectivity index is 1.53. The summed E-state index contributed by atoms with van der Waals surface area (Å²) in [5.41, 5.74) is 1.64. The minimum Gasteiger partial charge on any atom is -0.495 e. The summed E-state index contributed by atoms with van der Waals surface area (Å²) >= 11 is 13.5. The van der Waals surface area contributed by atoms with Gasteiger partial charge in [0.15, 0.2) is 5.82 Å². The van der Waals surface area contributed by atoms with E-state index in [1.54, 1.807) is 12.3 Å². The summed E-state index contributed by atoms with van der Waals surface area (Å²) in [4.78, 5) is 28.6. The fourth-order valence-corrected chi connectivity index (χ4v) is 5.82. The van der Waals surface area contributed by atoms with E-state index in [-0.39, 0.29) is 18.0 Å². The number of fused-ring (bicyclic) bond motifs is 1. The van der Waals surface area contributed by atoms with Crippen LogP contribution in [-0.4, -0.2) is 92.0 Å². The standard InChI is InChI=1S/C28H33Cl2N7O4/c1-5-22(38)33-17-6-7-41-14-19(17)35-28-32-11-16-8-18(23-24(29)20(39-3)9-21(40-4)25(23)30)34-27(26(16)36-28)31-10-15-12-37(2)13-15/h5,8-9,11,15,17,19H,1,6-7,10,12-14H2,2-4H3,(H,31,34)(H,33,38)(H,32,35,36)/t17-,19+/m0/s1. The molecule has 2 atom stereocenters. The van der Waals surface area contributed by atoms with Crippen molar-refractivity contribution in [1.82, 2.24) is 25.2 Å². The number of nitrogens with one attached hydrogen (secondary N) is 3. The number of amides is 1. The van der Waals surface area contributed by atoms with Crippen molar-refractivity contribution in [3.8, 4) is 22.8 Å². The Morgan fingerprint density at radius 3 is 2.56 bits per heavy atom. The zero-order valence-corrected chi connectivity index (χ0v) is 24.7. The van der Waals surface area contributed by atoms with Crippen LogP contribution in [0.1, 0.15) is 6.42 Å². The molecule has 2 aromatic heterocycles. The first-order valence-electron chi connectivity index (χ1n) is 13.3. The fraction of sp³-hybridized carbons (Fsp3) is 0.429. The zero-order valence-electron chi connectivity index (χ0n) is 23.2. The van der Waals surface area contributed by atoms with E-state index < -0.39 is 0 Å². The summed E-state index contributed by atoms with van der Waals surface area (Å²) in [6.45, 7) is 7.21. The Bertz CT molecular complexity index is 1420. The van der Waals surface area contributed by atoms with E-state index in [1.165, 1.54) is 20.3 Å². The minimum atomic E-state index is -0.237. The number of rotatable bonds is 10. The van der Waals surface area contributed by atoms with E-state index in [2.05, 4.69) is 39.5 Å². The van der Waals surface area contributed by atoms with Crippen LogP contribution in [0.3, 0.4) is 0 Å². The van der Waals surface area contributed by atoms with Crippen LogP contribution in [0, 0.1) is 5.92 Å². The number of ether oxygens (including phenoxy) is 3. The molecule has 1 amide bonds. The maximum Gasteiger partial charge on any atom is 0.243 e. The summed E-state index contributed by atoms with van der Waals surface area (Å²) < 4.78 is 16.6. The molecular formula is C28H33Cl2N7O4. The van der Waals surface area contributed by atoms with E-state index in [1.807, 2.05) is 6.07 Å². The Hall–Kier alpha value is -3.38. The third-order valence-corrected chi connectivity index (χ3v) is 8.03. The Labute approximate surface area is 248 Å². The molecule has 13 heteroatoms. The van der Waals surface area contributed by atoms with Crippen molar-refractivity contribution < 1.29 is 19.0 Å². The molecule has 1 aromatic carbocycles. The third-order valence-electron chi connectivity index (χ3n) is 7.28. The first-order valence-corrected chi connectivity index (χ1v) is 14.0. The van der Waals surface area contributed by atoms with Crippen molar-refractivity contribution in [3.63, 3.8) is 0 Å². The first-order chi connectivity index (χ1) is 19.8. The molecule has 0 saturated carbocycles. The largest absolute Gasteiger partial charge is 0.495 e. The van der Waals surface area contributed by atoms with Gasteiger partial charge in [-0.15, -0.1) is 0 Å². The van der Waals surface area contributed by atoms with E-state index in [0.29, 0.717) is 75.6 Å². The van der Waals surface area contributed by atoms with Gasteiger partial charge < -0.3 is 35.1 Å². The molecule has 3 N–H and O–H groups in total. The molecule has 41 heavy (non-hydrogen) atoms. The van der Waals surface area contributed by atoms with Crippen LogP contribution in [0.5, 0.6) is 11.5 Å². The highest BCUT2D eigenvalue weighted by Gasteiger charge is 2.28. The van der Waals surface area contributed by atoms with Crippen LogP contribution in [0.25, 0.3) is 22.2 Å². The molecule has 218 valence electrons. The number of aromatic nitrogens is 3. The highest BCUT2D eigenvalue weighted by molar-refractivity contribution is 6.41. The number of benzene rings is 1. The van der Waals surface area contributed by atoms with Crippen molar-refractivity contribution in [1.29, 1.82) is 0 Å². The van der Waals surface area contributed by atoms with Crippen molar-refractivity contribution >= 4 is 51.8 Å². The zero-order chi connectivity index (χ0) is 29.1. The highest BCUT2D eigenvalue weighted by atomic mass is 35.5. The molecule has 5 rings (SSSR count). The van der Waals surface area contributed by atoms with Crippen LogP contribution in [0.2, 0.25) is 10.0 Å². The quantitative estimate of drug-likeness (QED) is 0.295. The van der Waals surface area contributed by atoms with Gasteiger partial charge in [-0.05, 0) is 25.6 Å². The fourth-order valence-electron chi connectivity index (χ4n) is 5.13. The second kappa shape index (κ2) is 12.6. The SMILES string of the molecule is C=CC(=O)N[C@H]1CCOC[C@H]1Nc1ncc2cc(-c3c(Cl)c(OC)cc(OC)c3Cl)nc(NCC3CN(C)C3)c2n1. The lowest BCUT2D eigenvalue weighted by molar-refractivity contribution is -0.117. The van der Waals surface area contributed by atoms with Gasteiger partial charge in [-0.25, -0.2) is 15.0 Å². The molecule has 0 unspecified atom stereocenters. The third kappa shape index (κ3) is 6.28. The van der Waals surface area contributed by atoms with Crippen molar-refractivity contribution in [2.75, 3.05) is 64.7 Å². The van der Waals surface area contributed by atoms with Gasteiger partial charge >= 0.3 is 0 Å². The molecule has 0 bridgehead atoms. The molecule has 0 radical (unpaired) electrons. The summed E-state index contributed by atoms with van der Waals surface area (Å²) in [7, 11) is 5.15. The molecule has 2 aliphatic rings. The first kappa shape index (κ1) is 29.1. The number of pyridine rings is 1. The molecule has 2 aliphatic heterocycles. The smallest absolute Gasteiger partial charge is 0.243 e. The predicted octanol–water partition coefficient (Wildman–Crippen LogP) is 3.86. The second-order valence-electron chi connectivity index (χ2n) is 10.2. The molecule has 2 fully saturated rings. The maximum absolute atomic E-state index is 12.0. The average molecular weight is 603 g/mol.